The van der Waals surface area contributed by atoms with E-state index in [9.17, 15) is 9.18 Å². The molecule has 1 heterocycles. The van der Waals surface area contributed by atoms with E-state index in [1.54, 1.807) is 14.1 Å². The summed E-state index contributed by atoms with van der Waals surface area (Å²) in [5.41, 5.74) is 5.35. The molecule has 0 saturated heterocycles. The van der Waals surface area contributed by atoms with Gasteiger partial charge in [-0.05, 0) is 6.07 Å². The van der Waals surface area contributed by atoms with Gasteiger partial charge in [0.05, 0.1) is 11.9 Å². The van der Waals surface area contributed by atoms with E-state index < -0.39 is 5.82 Å². The highest BCUT2D eigenvalue weighted by molar-refractivity contribution is 5.92. The maximum atomic E-state index is 12.7. The van der Waals surface area contributed by atoms with Crippen LogP contribution < -0.4 is 5.73 Å². The molecule has 0 bridgehead atoms. The molecule has 13 heavy (non-hydrogen) atoms. The predicted octanol–water partition coefficient (Wildman–Crippen LogP) is 0.505. The molecule has 70 valence electrons. The first-order valence-corrected chi connectivity index (χ1v) is 3.65. The van der Waals surface area contributed by atoms with Crippen molar-refractivity contribution < 1.29 is 9.18 Å². The fraction of sp³-hybridized carbons (Fsp3) is 0.250. The topological polar surface area (TPSA) is 59.2 Å². The van der Waals surface area contributed by atoms with Crippen LogP contribution in [0.1, 0.15) is 10.5 Å². The number of hydrogen-bond donors (Lipinski definition) is 1. The summed E-state index contributed by atoms with van der Waals surface area (Å²) in [6, 6.07) is 1.22. The highest BCUT2D eigenvalue weighted by Gasteiger charge is 2.10. The van der Waals surface area contributed by atoms with Gasteiger partial charge in [-0.25, -0.2) is 9.37 Å². The van der Waals surface area contributed by atoms with Crippen LogP contribution in [0.25, 0.3) is 0 Å². The molecule has 0 aliphatic carbocycles. The average Bonchev–Trinajstić information content (AvgIpc) is 2.08. The number of nitrogen functional groups attached to an aromatic ring is 1. The van der Waals surface area contributed by atoms with Gasteiger partial charge in [0.2, 0.25) is 0 Å². The molecule has 0 atom stereocenters. The first kappa shape index (κ1) is 9.44. The van der Waals surface area contributed by atoms with E-state index >= 15 is 0 Å². The van der Waals surface area contributed by atoms with Crippen molar-refractivity contribution >= 4 is 11.6 Å². The van der Waals surface area contributed by atoms with Crippen molar-refractivity contribution in [2.24, 2.45) is 0 Å². The van der Waals surface area contributed by atoms with Gasteiger partial charge in [-0.2, -0.15) is 0 Å². The van der Waals surface area contributed by atoms with E-state index in [4.69, 9.17) is 5.73 Å². The molecule has 1 aromatic rings. The van der Waals surface area contributed by atoms with E-state index in [1.165, 1.54) is 11.0 Å². The molecule has 1 aromatic heterocycles. The number of rotatable bonds is 1. The lowest BCUT2D eigenvalue weighted by atomic mass is 10.3. The second-order valence-electron chi connectivity index (χ2n) is 2.79. The third kappa shape index (κ3) is 1.93. The van der Waals surface area contributed by atoms with Crippen molar-refractivity contribution in [2.45, 2.75) is 0 Å². The number of nitrogens with two attached hydrogens (primary N) is 1. The van der Waals surface area contributed by atoms with Gasteiger partial charge in [0.1, 0.15) is 5.69 Å². The van der Waals surface area contributed by atoms with E-state index in [1.807, 2.05) is 0 Å². The van der Waals surface area contributed by atoms with Gasteiger partial charge in [-0.15, -0.1) is 0 Å². The minimum Gasteiger partial charge on any atom is -0.396 e. The van der Waals surface area contributed by atoms with Crippen LogP contribution in [0.15, 0.2) is 12.3 Å². The summed E-state index contributed by atoms with van der Waals surface area (Å²) >= 11 is 0. The summed E-state index contributed by atoms with van der Waals surface area (Å²) in [5, 5.41) is 0. The Balaban J connectivity index is 3.04. The number of halogens is 1. The fourth-order valence-corrected chi connectivity index (χ4v) is 0.800. The third-order valence-electron chi connectivity index (χ3n) is 1.51. The van der Waals surface area contributed by atoms with Gasteiger partial charge < -0.3 is 10.6 Å². The molecular weight excluding hydrogens is 173 g/mol. The zero-order chi connectivity index (χ0) is 10.0. The first-order valence-electron chi connectivity index (χ1n) is 3.65. The van der Waals surface area contributed by atoms with Crippen LogP contribution in [0, 0.1) is 5.82 Å². The van der Waals surface area contributed by atoms with Crippen LogP contribution in [0.2, 0.25) is 0 Å². The van der Waals surface area contributed by atoms with Crippen molar-refractivity contribution in [3.05, 3.63) is 23.8 Å². The van der Waals surface area contributed by atoms with Crippen molar-refractivity contribution in [1.29, 1.82) is 0 Å². The molecule has 4 nitrogen and oxygen atoms in total. The van der Waals surface area contributed by atoms with Crippen molar-refractivity contribution in [2.75, 3.05) is 19.8 Å². The third-order valence-corrected chi connectivity index (χ3v) is 1.51. The van der Waals surface area contributed by atoms with Crippen LogP contribution in [0.3, 0.4) is 0 Å². The first-order chi connectivity index (χ1) is 6.02. The Morgan fingerprint density at radius 3 is 2.69 bits per heavy atom. The molecule has 0 unspecified atom stereocenters. The summed E-state index contributed by atoms with van der Waals surface area (Å²) in [6.07, 6.45) is 0.937. The lowest BCUT2D eigenvalue weighted by molar-refractivity contribution is 0.0822. The second-order valence-corrected chi connectivity index (χ2v) is 2.79. The fourth-order valence-electron chi connectivity index (χ4n) is 0.800. The zero-order valence-electron chi connectivity index (χ0n) is 7.41. The van der Waals surface area contributed by atoms with E-state index in [0.717, 1.165) is 6.20 Å². The average molecular weight is 183 g/mol. The summed E-state index contributed by atoms with van der Waals surface area (Å²) in [6.45, 7) is 0. The maximum Gasteiger partial charge on any atom is 0.272 e. The lowest BCUT2D eigenvalue weighted by Gasteiger charge is -2.09. The Morgan fingerprint density at radius 1 is 1.62 bits per heavy atom. The number of pyridine rings is 1. The molecule has 0 saturated carbocycles. The number of carbonyl (C=O) groups excluding carboxylic acids is 1. The van der Waals surface area contributed by atoms with Crippen LogP contribution in [-0.2, 0) is 0 Å². The van der Waals surface area contributed by atoms with Gasteiger partial charge in [0, 0.05) is 14.1 Å². The Morgan fingerprint density at radius 2 is 2.23 bits per heavy atom. The standard InChI is InChI=1S/C8H10FN3O/c1-12(2)8(13)7-3-6(10)5(9)4-11-7/h3-4H,1-2H3,(H2,10,11). The SMILES string of the molecule is CN(C)C(=O)c1cc(N)c(F)cn1. The Hall–Kier alpha value is -1.65. The summed E-state index contributed by atoms with van der Waals surface area (Å²) in [5.74, 6) is -0.915. The molecule has 0 aliphatic rings. The van der Waals surface area contributed by atoms with Crippen LogP contribution in [0.4, 0.5) is 10.1 Å². The largest absolute Gasteiger partial charge is 0.396 e. The second kappa shape index (κ2) is 3.38. The highest BCUT2D eigenvalue weighted by atomic mass is 19.1. The van der Waals surface area contributed by atoms with Gasteiger partial charge in [0.25, 0.3) is 5.91 Å². The molecule has 0 radical (unpaired) electrons. The molecule has 0 fully saturated rings. The molecule has 1 amide bonds. The van der Waals surface area contributed by atoms with E-state index in [0.29, 0.717) is 0 Å². The normalized spacial score (nSPS) is 9.77. The molecule has 0 aliphatic heterocycles. The molecule has 2 N–H and O–H groups in total. The molecule has 5 heteroatoms. The van der Waals surface area contributed by atoms with Gasteiger partial charge >= 0.3 is 0 Å². The molecule has 0 aromatic carbocycles. The van der Waals surface area contributed by atoms with Crippen molar-refractivity contribution in [3.63, 3.8) is 0 Å². The quantitative estimate of drug-likeness (QED) is 0.689. The zero-order valence-corrected chi connectivity index (χ0v) is 7.41. The number of anilines is 1. The summed E-state index contributed by atoms with van der Waals surface area (Å²) in [4.78, 5) is 16.3. The summed E-state index contributed by atoms with van der Waals surface area (Å²) in [7, 11) is 3.17. The minimum absolute atomic E-state index is 0.0693. The van der Waals surface area contributed by atoms with Gasteiger partial charge in [-0.1, -0.05) is 0 Å². The number of aromatic nitrogens is 1. The minimum atomic E-state index is -0.615. The Labute approximate surface area is 75.2 Å². The van der Waals surface area contributed by atoms with Gasteiger partial charge in [0.15, 0.2) is 5.82 Å². The maximum absolute atomic E-state index is 12.7. The Kier molecular flexibility index (Phi) is 2.46. The smallest absolute Gasteiger partial charge is 0.272 e. The van der Waals surface area contributed by atoms with Crippen molar-refractivity contribution in [3.8, 4) is 0 Å². The van der Waals surface area contributed by atoms with E-state index in [2.05, 4.69) is 4.98 Å². The lowest BCUT2D eigenvalue weighted by Crippen LogP contribution is -2.23. The number of nitrogens with zero attached hydrogens (tertiary/aromatic N) is 2. The monoisotopic (exact) mass is 183 g/mol. The van der Waals surface area contributed by atoms with Crippen LogP contribution in [0.5, 0.6) is 0 Å². The number of amides is 1. The van der Waals surface area contributed by atoms with Crippen LogP contribution >= 0.6 is 0 Å². The van der Waals surface area contributed by atoms with E-state index in [-0.39, 0.29) is 17.3 Å². The summed E-state index contributed by atoms with van der Waals surface area (Å²) < 4.78 is 12.7. The van der Waals surface area contributed by atoms with Crippen LogP contribution in [-0.4, -0.2) is 29.9 Å². The molecular formula is C8H10FN3O. The molecule has 0 spiro atoms. The highest BCUT2D eigenvalue weighted by Crippen LogP contribution is 2.09. The molecule has 1 rings (SSSR count). The number of carbonyl (C=O) groups is 1. The van der Waals surface area contributed by atoms with Crippen molar-refractivity contribution in [1.82, 2.24) is 9.88 Å². The number of hydrogen-bond acceptors (Lipinski definition) is 3. The van der Waals surface area contributed by atoms with Gasteiger partial charge in [-0.3, -0.25) is 4.79 Å². The predicted molar refractivity (Wildman–Crippen MR) is 46.6 cm³/mol. The Bertz CT molecular complexity index is 338.